The number of nitrogens with two attached hydrogens (primary N) is 1. The lowest BCUT2D eigenvalue weighted by atomic mass is 9.60. The molecule has 18 heavy (non-hydrogen) atoms. The van der Waals surface area contributed by atoms with Crippen LogP contribution in [0.1, 0.15) is 52.4 Å². The van der Waals surface area contributed by atoms with Crippen LogP contribution in [0.5, 0.6) is 0 Å². The Labute approximate surface area is 110 Å². The van der Waals surface area contributed by atoms with E-state index in [0.717, 1.165) is 32.2 Å². The molecule has 2 fully saturated rings. The Kier molecular flexibility index (Phi) is 4.28. The van der Waals surface area contributed by atoms with E-state index < -0.39 is 0 Å². The Morgan fingerprint density at radius 2 is 2.22 bits per heavy atom. The topological polar surface area (TPSA) is 64.3 Å². The number of ether oxygens (including phenoxy) is 1. The minimum atomic E-state index is -0.0848. The monoisotopic (exact) mass is 254 g/mol. The van der Waals surface area contributed by atoms with Gasteiger partial charge in [0.2, 0.25) is 0 Å². The molecule has 1 heterocycles. The summed E-state index contributed by atoms with van der Waals surface area (Å²) in [6, 6.07) is 0.301. The zero-order valence-electron chi connectivity index (χ0n) is 11.6. The Hall–Kier alpha value is -0.610. The van der Waals surface area contributed by atoms with E-state index in [1.54, 1.807) is 0 Å². The number of carbonyl (C=O) groups excluding carboxylic acids is 1. The summed E-state index contributed by atoms with van der Waals surface area (Å²) < 4.78 is 5.58. The second-order valence-corrected chi connectivity index (χ2v) is 6.13. The van der Waals surface area contributed by atoms with Crippen LogP contribution in [0.4, 0.5) is 0 Å². The highest BCUT2D eigenvalue weighted by atomic mass is 16.6. The third-order valence-electron chi connectivity index (χ3n) is 4.41. The van der Waals surface area contributed by atoms with Crippen molar-refractivity contribution in [1.82, 2.24) is 5.32 Å². The van der Waals surface area contributed by atoms with Crippen molar-refractivity contribution in [2.45, 2.75) is 64.6 Å². The van der Waals surface area contributed by atoms with Gasteiger partial charge in [-0.05, 0) is 19.3 Å². The predicted octanol–water partition coefficient (Wildman–Crippen LogP) is 1.78. The molecule has 0 radical (unpaired) electrons. The van der Waals surface area contributed by atoms with Crippen LogP contribution in [0.15, 0.2) is 0 Å². The summed E-state index contributed by atoms with van der Waals surface area (Å²) in [6.45, 7) is 5.09. The SMILES string of the molecule is CCCCCC(C)C(=O)OC1NCC12CC(N)C2. The molecule has 2 unspecified atom stereocenters. The van der Waals surface area contributed by atoms with Crippen LogP contribution in [0, 0.1) is 11.3 Å². The normalized spacial score (nSPS) is 35.7. The first-order valence-corrected chi connectivity index (χ1v) is 7.27. The average Bonchev–Trinajstić information content (AvgIpc) is 2.30. The van der Waals surface area contributed by atoms with E-state index in [1.807, 2.05) is 6.92 Å². The fourth-order valence-electron chi connectivity index (χ4n) is 3.03. The summed E-state index contributed by atoms with van der Waals surface area (Å²) in [5, 5.41) is 3.21. The van der Waals surface area contributed by atoms with E-state index >= 15 is 0 Å². The minimum absolute atomic E-state index is 0.0183. The van der Waals surface area contributed by atoms with Crippen molar-refractivity contribution in [1.29, 1.82) is 0 Å². The third kappa shape index (κ3) is 2.69. The molecule has 0 bridgehead atoms. The minimum Gasteiger partial charge on any atom is -0.446 e. The molecule has 1 saturated carbocycles. The molecule has 1 spiro atoms. The number of hydrogen-bond donors (Lipinski definition) is 2. The zero-order valence-corrected chi connectivity index (χ0v) is 11.6. The molecule has 1 aliphatic carbocycles. The maximum Gasteiger partial charge on any atom is 0.310 e. The van der Waals surface area contributed by atoms with Gasteiger partial charge in [-0.2, -0.15) is 0 Å². The fraction of sp³-hybridized carbons (Fsp3) is 0.929. The predicted molar refractivity (Wildman–Crippen MR) is 70.8 cm³/mol. The summed E-state index contributed by atoms with van der Waals surface area (Å²) >= 11 is 0. The van der Waals surface area contributed by atoms with Gasteiger partial charge >= 0.3 is 5.97 Å². The summed E-state index contributed by atoms with van der Waals surface area (Å²) in [6.07, 6.45) is 6.32. The molecule has 0 aromatic heterocycles. The second kappa shape index (κ2) is 5.57. The lowest BCUT2D eigenvalue weighted by Gasteiger charge is -2.57. The van der Waals surface area contributed by atoms with Crippen LogP contribution >= 0.6 is 0 Å². The van der Waals surface area contributed by atoms with E-state index in [4.69, 9.17) is 10.5 Å². The van der Waals surface area contributed by atoms with Gasteiger partial charge in [0.25, 0.3) is 0 Å². The van der Waals surface area contributed by atoms with Gasteiger partial charge in [-0.1, -0.05) is 33.1 Å². The molecule has 1 aliphatic heterocycles. The molecule has 4 heteroatoms. The molecule has 1 saturated heterocycles. The van der Waals surface area contributed by atoms with Gasteiger partial charge in [0.15, 0.2) is 6.23 Å². The zero-order chi connectivity index (χ0) is 13.2. The highest BCUT2D eigenvalue weighted by Gasteiger charge is 2.56. The summed E-state index contributed by atoms with van der Waals surface area (Å²) in [5.41, 5.74) is 5.99. The van der Waals surface area contributed by atoms with E-state index in [0.29, 0.717) is 6.04 Å². The summed E-state index contributed by atoms with van der Waals surface area (Å²) in [5.74, 6) is -0.0344. The molecule has 2 aliphatic rings. The maximum atomic E-state index is 12.0. The number of nitrogens with one attached hydrogen (secondary N) is 1. The van der Waals surface area contributed by atoms with Gasteiger partial charge in [-0.25, -0.2) is 0 Å². The molecule has 104 valence electrons. The highest BCUT2D eigenvalue weighted by Crippen LogP contribution is 2.48. The quantitative estimate of drug-likeness (QED) is 0.560. The average molecular weight is 254 g/mol. The molecule has 4 nitrogen and oxygen atoms in total. The van der Waals surface area contributed by atoms with Crippen molar-refractivity contribution in [3.8, 4) is 0 Å². The first-order valence-electron chi connectivity index (χ1n) is 7.27. The Morgan fingerprint density at radius 1 is 1.50 bits per heavy atom. The maximum absolute atomic E-state index is 12.0. The van der Waals surface area contributed by atoms with Gasteiger partial charge in [0, 0.05) is 18.0 Å². The summed E-state index contributed by atoms with van der Waals surface area (Å²) in [4.78, 5) is 12.0. The van der Waals surface area contributed by atoms with Gasteiger partial charge in [-0.15, -0.1) is 0 Å². The Morgan fingerprint density at radius 3 is 2.72 bits per heavy atom. The van der Waals surface area contributed by atoms with Crippen LogP contribution < -0.4 is 11.1 Å². The van der Waals surface area contributed by atoms with Crippen molar-refractivity contribution >= 4 is 5.97 Å². The smallest absolute Gasteiger partial charge is 0.310 e. The number of unbranched alkanes of at least 4 members (excludes halogenated alkanes) is 2. The van der Waals surface area contributed by atoms with E-state index in [2.05, 4.69) is 12.2 Å². The van der Waals surface area contributed by atoms with Crippen LogP contribution in [0.25, 0.3) is 0 Å². The largest absolute Gasteiger partial charge is 0.446 e. The van der Waals surface area contributed by atoms with Gasteiger partial charge in [0.05, 0.1) is 5.92 Å². The first-order chi connectivity index (χ1) is 8.57. The van der Waals surface area contributed by atoms with E-state index in [-0.39, 0.29) is 23.5 Å². The van der Waals surface area contributed by atoms with Crippen LogP contribution in [0.2, 0.25) is 0 Å². The molecule has 2 rings (SSSR count). The number of esters is 1. The van der Waals surface area contributed by atoms with Crippen molar-refractivity contribution in [3.05, 3.63) is 0 Å². The van der Waals surface area contributed by atoms with Crippen molar-refractivity contribution in [3.63, 3.8) is 0 Å². The van der Waals surface area contributed by atoms with Crippen LogP contribution in [0.3, 0.4) is 0 Å². The third-order valence-corrected chi connectivity index (χ3v) is 4.41. The van der Waals surface area contributed by atoms with Gasteiger partial charge in [0.1, 0.15) is 0 Å². The molecular formula is C14H26N2O2. The lowest BCUT2D eigenvalue weighted by molar-refractivity contribution is -0.191. The molecule has 0 amide bonds. The van der Waals surface area contributed by atoms with Crippen molar-refractivity contribution < 1.29 is 9.53 Å². The van der Waals surface area contributed by atoms with Crippen LogP contribution in [-0.2, 0) is 9.53 Å². The molecule has 2 atom stereocenters. The standard InChI is InChI=1S/C14H26N2O2/c1-3-4-5-6-10(2)12(17)18-13-14(9-16-13)7-11(15)8-14/h10-11,13,16H,3-9,15H2,1-2H3. The van der Waals surface area contributed by atoms with Gasteiger partial charge < -0.3 is 10.5 Å². The molecular weight excluding hydrogens is 228 g/mol. The number of rotatable bonds is 6. The first kappa shape index (κ1) is 13.8. The summed E-state index contributed by atoms with van der Waals surface area (Å²) in [7, 11) is 0. The van der Waals surface area contributed by atoms with E-state index in [9.17, 15) is 4.79 Å². The second-order valence-electron chi connectivity index (χ2n) is 6.13. The molecule has 0 aromatic carbocycles. The van der Waals surface area contributed by atoms with Crippen LogP contribution in [-0.4, -0.2) is 24.8 Å². The Bertz CT molecular complexity index is 300. The number of hydrogen-bond acceptors (Lipinski definition) is 4. The molecule has 0 aromatic rings. The lowest BCUT2D eigenvalue weighted by Crippen LogP contribution is -2.71. The number of carbonyl (C=O) groups is 1. The highest BCUT2D eigenvalue weighted by molar-refractivity contribution is 5.72. The van der Waals surface area contributed by atoms with E-state index in [1.165, 1.54) is 12.8 Å². The van der Waals surface area contributed by atoms with Gasteiger partial charge in [-0.3, -0.25) is 10.1 Å². The Balaban J connectivity index is 1.71. The molecule has 3 N–H and O–H groups in total. The fourth-order valence-corrected chi connectivity index (χ4v) is 3.03. The van der Waals surface area contributed by atoms with Crippen molar-refractivity contribution in [2.24, 2.45) is 17.1 Å². The van der Waals surface area contributed by atoms with Crippen molar-refractivity contribution in [2.75, 3.05) is 6.54 Å².